The minimum absolute atomic E-state index is 0.635. The van der Waals surface area contributed by atoms with Crippen molar-refractivity contribution >= 4 is 72.2 Å². The Morgan fingerprint density at radius 2 is 1.62 bits per heavy atom. The molecule has 0 radical (unpaired) electrons. The van der Waals surface area contributed by atoms with E-state index in [0.29, 0.717) is 5.84 Å². The number of aryl methyl sites for hydroxylation is 1. The molecule has 0 spiro atoms. The van der Waals surface area contributed by atoms with Gasteiger partial charge in [0, 0.05) is 49.2 Å². The van der Waals surface area contributed by atoms with Gasteiger partial charge in [0.1, 0.15) is 6.34 Å². The molecular formula is C35H26N4S. The molecule has 5 aromatic carbocycles. The van der Waals surface area contributed by atoms with Crippen LogP contribution in [0.1, 0.15) is 11.1 Å². The molecule has 2 aromatic heterocycles. The maximum Gasteiger partial charge on any atom is 0.156 e. The molecule has 7 rings (SSSR count). The lowest BCUT2D eigenvalue weighted by Crippen LogP contribution is -1.98. The second-order valence-electron chi connectivity index (χ2n) is 9.84. The minimum Gasteiger partial charge on any atom is -0.309 e. The first kappa shape index (κ1) is 24.2. The monoisotopic (exact) mass is 534 g/mol. The Hall–Kier alpha value is -4.87. The Labute approximate surface area is 236 Å². The molecule has 0 atom stereocenters. The first-order valence-corrected chi connectivity index (χ1v) is 14.0. The molecule has 0 amide bonds. The number of aromatic nitrogens is 1. The van der Waals surface area contributed by atoms with Crippen LogP contribution in [0.25, 0.3) is 58.8 Å². The van der Waals surface area contributed by atoms with Crippen molar-refractivity contribution in [2.45, 2.75) is 6.92 Å². The number of rotatable bonds is 4. The van der Waals surface area contributed by atoms with Gasteiger partial charge in [0.25, 0.3) is 0 Å². The van der Waals surface area contributed by atoms with E-state index < -0.39 is 0 Å². The molecule has 0 aliphatic rings. The minimum atomic E-state index is 0.635. The Bertz CT molecular complexity index is 2150. The van der Waals surface area contributed by atoms with Gasteiger partial charge < -0.3 is 4.57 Å². The van der Waals surface area contributed by atoms with Crippen LogP contribution in [0.15, 0.2) is 118 Å². The number of hydrogen-bond donors (Lipinski definition) is 0. The van der Waals surface area contributed by atoms with Crippen LogP contribution in [-0.4, -0.2) is 30.5 Å². The second kappa shape index (κ2) is 9.70. The highest BCUT2D eigenvalue weighted by Gasteiger charge is 2.19. The van der Waals surface area contributed by atoms with Crippen molar-refractivity contribution in [3.63, 3.8) is 0 Å². The van der Waals surface area contributed by atoms with Gasteiger partial charge in [-0.1, -0.05) is 60.7 Å². The fourth-order valence-corrected chi connectivity index (χ4v) is 6.92. The van der Waals surface area contributed by atoms with E-state index in [0.717, 1.165) is 11.1 Å². The molecule has 4 nitrogen and oxygen atoms in total. The lowest BCUT2D eigenvalue weighted by Gasteiger charge is -2.11. The predicted molar refractivity (Wildman–Crippen MR) is 174 cm³/mol. The summed E-state index contributed by atoms with van der Waals surface area (Å²) in [4.78, 5) is 12.4. The summed E-state index contributed by atoms with van der Waals surface area (Å²) in [5, 5.41) is 5.14. The van der Waals surface area contributed by atoms with E-state index in [1.807, 2.05) is 11.3 Å². The molecule has 0 N–H and O–H groups in total. The molecule has 0 saturated carbocycles. The van der Waals surface area contributed by atoms with Crippen molar-refractivity contribution in [2.75, 3.05) is 7.05 Å². The van der Waals surface area contributed by atoms with Gasteiger partial charge >= 0.3 is 0 Å². The number of fused-ring (bicyclic) bond motifs is 7. The van der Waals surface area contributed by atoms with Crippen LogP contribution < -0.4 is 0 Å². The van der Waals surface area contributed by atoms with E-state index in [1.165, 1.54) is 65.1 Å². The van der Waals surface area contributed by atoms with Crippen molar-refractivity contribution in [3.8, 4) is 16.8 Å². The van der Waals surface area contributed by atoms with Crippen LogP contribution >= 0.6 is 11.3 Å². The standard InChI is InChI=1S/C35H26N4S/c1-22-19-24(35(37-3)38-21-36-2)13-15-26(22)23-14-17-30-29(20-23)27-16-18-32-33(28-11-7-8-12-31(28)40-32)34(27)39(30)25-9-5-4-6-10-25/h4-21H,2H2,1,3H3/b37-35-,38-21-. The smallest absolute Gasteiger partial charge is 0.156 e. The molecule has 0 aliphatic carbocycles. The molecule has 0 fully saturated rings. The lowest BCUT2D eigenvalue weighted by molar-refractivity contribution is 1.19. The average molecular weight is 535 g/mol. The van der Waals surface area contributed by atoms with Crippen molar-refractivity contribution in [2.24, 2.45) is 15.0 Å². The first-order chi connectivity index (χ1) is 19.7. The Morgan fingerprint density at radius 3 is 2.42 bits per heavy atom. The van der Waals surface area contributed by atoms with Crippen LogP contribution in [0, 0.1) is 6.92 Å². The van der Waals surface area contributed by atoms with E-state index in [-0.39, 0.29) is 0 Å². The lowest BCUT2D eigenvalue weighted by atomic mass is 9.96. The largest absolute Gasteiger partial charge is 0.309 e. The second-order valence-corrected chi connectivity index (χ2v) is 10.9. The Morgan fingerprint density at radius 1 is 0.800 bits per heavy atom. The zero-order valence-corrected chi connectivity index (χ0v) is 23.1. The van der Waals surface area contributed by atoms with Gasteiger partial charge in [0.2, 0.25) is 0 Å². The highest BCUT2D eigenvalue weighted by molar-refractivity contribution is 7.26. The fraction of sp³-hybridized carbons (Fsp3) is 0.0571. The summed E-state index contributed by atoms with van der Waals surface area (Å²) >= 11 is 1.86. The van der Waals surface area contributed by atoms with E-state index >= 15 is 0 Å². The van der Waals surface area contributed by atoms with Crippen LogP contribution in [0.4, 0.5) is 0 Å². The van der Waals surface area contributed by atoms with Crippen molar-refractivity contribution in [3.05, 3.63) is 114 Å². The number of thiophene rings is 1. The number of hydrogen-bond acceptors (Lipinski definition) is 2. The SMILES string of the molecule is C=N/C=N\C(=N/C)c1ccc(-c2ccc3c(c2)c2ccc4sc5ccccc5c4c2n3-c2ccccc2)c(C)c1. The van der Waals surface area contributed by atoms with Gasteiger partial charge in [-0.15, -0.1) is 11.3 Å². The molecule has 0 saturated heterocycles. The molecule has 0 bridgehead atoms. The van der Waals surface area contributed by atoms with Gasteiger partial charge in [-0.25, -0.2) is 4.99 Å². The van der Waals surface area contributed by atoms with Crippen molar-refractivity contribution in [1.29, 1.82) is 0 Å². The predicted octanol–water partition coefficient (Wildman–Crippen LogP) is 9.23. The van der Waals surface area contributed by atoms with Crippen LogP contribution in [0.2, 0.25) is 0 Å². The molecule has 5 heteroatoms. The van der Waals surface area contributed by atoms with Gasteiger partial charge in [-0.3, -0.25) is 9.98 Å². The van der Waals surface area contributed by atoms with Gasteiger partial charge in [-0.2, -0.15) is 0 Å². The molecule has 2 heterocycles. The van der Waals surface area contributed by atoms with E-state index in [9.17, 15) is 0 Å². The number of nitrogens with zero attached hydrogens (tertiary/aromatic N) is 4. The number of para-hydroxylation sites is 1. The highest BCUT2D eigenvalue weighted by Crippen LogP contribution is 2.43. The topological polar surface area (TPSA) is 42.0 Å². The zero-order chi connectivity index (χ0) is 27.2. The quantitative estimate of drug-likeness (QED) is 0.160. The number of amidine groups is 1. The molecule has 0 aliphatic heterocycles. The number of aliphatic imine (C=N–C) groups is 3. The van der Waals surface area contributed by atoms with Crippen LogP contribution in [0.3, 0.4) is 0 Å². The van der Waals surface area contributed by atoms with Crippen LogP contribution in [0.5, 0.6) is 0 Å². The van der Waals surface area contributed by atoms with E-state index in [4.69, 9.17) is 0 Å². The molecule has 40 heavy (non-hydrogen) atoms. The van der Waals surface area contributed by atoms with Crippen molar-refractivity contribution in [1.82, 2.24) is 4.57 Å². The number of benzene rings is 5. The fourth-order valence-electron chi connectivity index (χ4n) is 5.81. The summed E-state index contributed by atoms with van der Waals surface area (Å²) in [6.07, 6.45) is 1.43. The maximum atomic E-state index is 4.32. The molecule has 0 unspecified atom stereocenters. The summed E-state index contributed by atoms with van der Waals surface area (Å²) < 4.78 is 5.05. The molecule has 192 valence electrons. The summed E-state index contributed by atoms with van der Waals surface area (Å²) in [7, 11) is 1.74. The Balaban J connectivity index is 1.50. The van der Waals surface area contributed by atoms with E-state index in [1.54, 1.807) is 7.05 Å². The zero-order valence-electron chi connectivity index (χ0n) is 22.3. The third kappa shape index (κ3) is 3.78. The summed E-state index contributed by atoms with van der Waals surface area (Å²) in [5.41, 5.74) is 8.13. The summed E-state index contributed by atoms with van der Waals surface area (Å²) in [6, 6.07) is 37.2. The molecule has 7 aromatic rings. The van der Waals surface area contributed by atoms with Crippen molar-refractivity contribution < 1.29 is 0 Å². The maximum absolute atomic E-state index is 4.32. The van der Waals surface area contributed by atoms with Gasteiger partial charge in [-0.05, 0) is 72.8 Å². The van der Waals surface area contributed by atoms with Gasteiger partial charge in [0.05, 0.1) is 11.0 Å². The third-order valence-corrected chi connectivity index (χ3v) is 8.69. The first-order valence-electron chi connectivity index (χ1n) is 13.2. The third-order valence-electron chi connectivity index (χ3n) is 7.55. The van der Waals surface area contributed by atoms with Gasteiger partial charge in [0.15, 0.2) is 5.84 Å². The summed E-state index contributed by atoms with van der Waals surface area (Å²) in [6.45, 7) is 5.61. The molecular weight excluding hydrogens is 508 g/mol. The average Bonchev–Trinajstić information content (AvgIpc) is 3.53. The normalized spacial score (nSPS) is 12.4. The summed E-state index contributed by atoms with van der Waals surface area (Å²) in [5.74, 6) is 0.635. The van der Waals surface area contributed by atoms with E-state index in [2.05, 4.69) is 136 Å². The Kier molecular flexibility index (Phi) is 5.87. The van der Waals surface area contributed by atoms with Crippen LogP contribution in [-0.2, 0) is 0 Å². The highest BCUT2D eigenvalue weighted by atomic mass is 32.1.